The van der Waals surface area contributed by atoms with E-state index < -0.39 is 0 Å². The van der Waals surface area contributed by atoms with Gasteiger partial charge in [0.1, 0.15) is 0 Å². The molecule has 2 heteroatoms. The minimum atomic E-state index is 0.338. The van der Waals surface area contributed by atoms with Crippen LogP contribution in [0.3, 0.4) is 0 Å². The molecule has 2 N–H and O–H groups in total. The Morgan fingerprint density at radius 1 is 1.62 bits per heavy atom. The normalized spacial score (nSPS) is 13.9. The quantitative estimate of drug-likeness (QED) is 0.590. The molecule has 50 valence electrons. The third kappa shape index (κ3) is 4.09. The molecule has 0 aromatic rings. The molecule has 0 saturated heterocycles. The van der Waals surface area contributed by atoms with Gasteiger partial charge in [-0.25, -0.2) is 0 Å². The summed E-state index contributed by atoms with van der Waals surface area (Å²) in [4.78, 5) is 0. The Morgan fingerprint density at radius 3 is 2.62 bits per heavy atom. The van der Waals surface area contributed by atoms with Crippen LogP contribution in [-0.2, 0) is 4.74 Å². The standard InChI is InChI=1S/C6H15NO/c1-3-8-6(2)4-5-7/h6H,3-5,7H2,1-2H3/t6-/m1/s1. The molecular formula is C6H15NO. The summed E-state index contributed by atoms with van der Waals surface area (Å²) >= 11 is 0. The molecule has 0 heterocycles. The Kier molecular flexibility index (Phi) is 5.01. The van der Waals surface area contributed by atoms with Crippen molar-refractivity contribution in [2.45, 2.75) is 26.4 Å². The van der Waals surface area contributed by atoms with Crippen molar-refractivity contribution in [3.63, 3.8) is 0 Å². The van der Waals surface area contributed by atoms with Crippen molar-refractivity contribution < 1.29 is 4.74 Å². The van der Waals surface area contributed by atoms with Gasteiger partial charge in [-0.15, -0.1) is 0 Å². The predicted octanol–water partition coefficient (Wildman–Crippen LogP) is 0.760. The van der Waals surface area contributed by atoms with Crippen LogP contribution in [0, 0.1) is 0 Å². The van der Waals surface area contributed by atoms with E-state index in [-0.39, 0.29) is 0 Å². The highest BCUT2D eigenvalue weighted by Gasteiger charge is 1.95. The number of hydrogen-bond acceptors (Lipinski definition) is 2. The van der Waals surface area contributed by atoms with E-state index in [1.165, 1.54) is 0 Å². The highest BCUT2D eigenvalue weighted by molar-refractivity contribution is 4.48. The van der Waals surface area contributed by atoms with Crippen LogP contribution in [0.25, 0.3) is 0 Å². The van der Waals surface area contributed by atoms with Gasteiger partial charge in [0.05, 0.1) is 6.10 Å². The van der Waals surface area contributed by atoms with E-state index >= 15 is 0 Å². The fraction of sp³-hybridized carbons (Fsp3) is 1.00. The van der Waals surface area contributed by atoms with E-state index in [9.17, 15) is 0 Å². The highest BCUT2D eigenvalue weighted by Crippen LogP contribution is 1.92. The van der Waals surface area contributed by atoms with Crippen LogP contribution in [0.5, 0.6) is 0 Å². The van der Waals surface area contributed by atoms with Crippen LogP contribution in [0.4, 0.5) is 0 Å². The Balaban J connectivity index is 2.92. The van der Waals surface area contributed by atoms with Gasteiger partial charge in [-0.05, 0) is 26.8 Å². The largest absolute Gasteiger partial charge is 0.379 e. The second-order valence-corrected chi connectivity index (χ2v) is 1.84. The van der Waals surface area contributed by atoms with E-state index in [1.54, 1.807) is 0 Å². The zero-order valence-electron chi connectivity index (χ0n) is 5.68. The molecule has 0 fully saturated rings. The van der Waals surface area contributed by atoms with Crippen LogP contribution in [0.15, 0.2) is 0 Å². The fourth-order valence-electron chi connectivity index (χ4n) is 0.603. The molecule has 0 amide bonds. The predicted molar refractivity (Wildman–Crippen MR) is 34.8 cm³/mol. The molecule has 1 atom stereocenters. The highest BCUT2D eigenvalue weighted by atomic mass is 16.5. The topological polar surface area (TPSA) is 35.2 Å². The van der Waals surface area contributed by atoms with Crippen LogP contribution in [-0.4, -0.2) is 19.3 Å². The second kappa shape index (κ2) is 5.06. The summed E-state index contributed by atoms with van der Waals surface area (Å²) in [5.41, 5.74) is 5.28. The van der Waals surface area contributed by atoms with Crippen LogP contribution < -0.4 is 5.73 Å². The minimum absolute atomic E-state index is 0.338. The lowest BCUT2D eigenvalue weighted by molar-refractivity contribution is 0.0721. The van der Waals surface area contributed by atoms with Gasteiger partial charge in [0.25, 0.3) is 0 Å². The van der Waals surface area contributed by atoms with Gasteiger partial charge < -0.3 is 10.5 Å². The van der Waals surface area contributed by atoms with E-state index in [2.05, 4.69) is 0 Å². The lowest BCUT2D eigenvalue weighted by Crippen LogP contribution is -2.13. The van der Waals surface area contributed by atoms with Gasteiger partial charge in [-0.2, -0.15) is 0 Å². The van der Waals surface area contributed by atoms with Crippen molar-refractivity contribution in [2.75, 3.05) is 13.2 Å². The lowest BCUT2D eigenvalue weighted by atomic mass is 10.3. The van der Waals surface area contributed by atoms with Crippen molar-refractivity contribution in [1.82, 2.24) is 0 Å². The molecule has 0 aromatic carbocycles. The number of ether oxygens (including phenoxy) is 1. The summed E-state index contributed by atoms with van der Waals surface area (Å²) in [6.07, 6.45) is 1.30. The molecule has 0 radical (unpaired) electrons. The average Bonchev–Trinajstić information content (AvgIpc) is 1.68. The van der Waals surface area contributed by atoms with E-state index in [1.807, 2.05) is 13.8 Å². The molecule has 0 aliphatic heterocycles. The molecule has 0 aliphatic carbocycles. The summed E-state index contributed by atoms with van der Waals surface area (Å²) in [7, 11) is 0. The summed E-state index contributed by atoms with van der Waals surface area (Å²) < 4.78 is 5.20. The summed E-state index contributed by atoms with van der Waals surface area (Å²) in [5, 5.41) is 0. The second-order valence-electron chi connectivity index (χ2n) is 1.84. The van der Waals surface area contributed by atoms with Crippen molar-refractivity contribution in [3.8, 4) is 0 Å². The first-order chi connectivity index (χ1) is 3.81. The van der Waals surface area contributed by atoms with Crippen LogP contribution >= 0.6 is 0 Å². The first-order valence-corrected chi connectivity index (χ1v) is 3.13. The van der Waals surface area contributed by atoms with Gasteiger partial charge >= 0.3 is 0 Å². The molecule has 0 aliphatic rings. The fourth-order valence-corrected chi connectivity index (χ4v) is 0.603. The monoisotopic (exact) mass is 117 g/mol. The molecule has 2 nitrogen and oxygen atoms in total. The Labute approximate surface area is 51.0 Å². The van der Waals surface area contributed by atoms with Crippen LogP contribution in [0.1, 0.15) is 20.3 Å². The molecule has 0 unspecified atom stereocenters. The molecule has 8 heavy (non-hydrogen) atoms. The smallest absolute Gasteiger partial charge is 0.0558 e. The average molecular weight is 117 g/mol. The minimum Gasteiger partial charge on any atom is -0.379 e. The maximum Gasteiger partial charge on any atom is 0.0558 e. The zero-order chi connectivity index (χ0) is 6.41. The first kappa shape index (κ1) is 7.92. The molecule has 0 spiro atoms. The molecule has 0 aromatic heterocycles. The van der Waals surface area contributed by atoms with Gasteiger partial charge in [0.2, 0.25) is 0 Å². The van der Waals surface area contributed by atoms with Crippen LogP contribution in [0.2, 0.25) is 0 Å². The third-order valence-electron chi connectivity index (χ3n) is 1.02. The van der Waals surface area contributed by atoms with Crippen molar-refractivity contribution in [3.05, 3.63) is 0 Å². The maximum absolute atomic E-state index is 5.28. The Bertz CT molecular complexity index is 41.8. The van der Waals surface area contributed by atoms with Crippen molar-refractivity contribution in [2.24, 2.45) is 5.73 Å². The molecular weight excluding hydrogens is 102 g/mol. The zero-order valence-corrected chi connectivity index (χ0v) is 5.68. The van der Waals surface area contributed by atoms with Crippen molar-refractivity contribution in [1.29, 1.82) is 0 Å². The number of hydrogen-bond donors (Lipinski definition) is 1. The van der Waals surface area contributed by atoms with Gasteiger partial charge in [0, 0.05) is 6.61 Å². The van der Waals surface area contributed by atoms with Crippen molar-refractivity contribution >= 4 is 0 Å². The Morgan fingerprint density at radius 2 is 2.25 bits per heavy atom. The maximum atomic E-state index is 5.28. The summed E-state index contributed by atoms with van der Waals surface area (Å²) in [6.45, 7) is 5.55. The lowest BCUT2D eigenvalue weighted by Gasteiger charge is -2.07. The van der Waals surface area contributed by atoms with E-state index in [0.717, 1.165) is 19.6 Å². The third-order valence-corrected chi connectivity index (χ3v) is 1.02. The number of nitrogens with two attached hydrogens (primary N) is 1. The number of rotatable bonds is 4. The molecule has 0 saturated carbocycles. The SMILES string of the molecule is CCO[C@H](C)CCN. The Hall–Kier alpha value is -0.0800. The van der Waals surface area contributed by atoms with Gasteiger partial charge in [-0.3, -0.25) is 0 Å². The summed E-state index contributed by atoms with van der Waals surface area (Å²) in [5.74, 6) is 0. The first-order valence-electron chi connectivity index (χ1n) is 3.13. The molecule has 0 rings (SSSR count). The van der Waals surface area contributed by atoms with Gasteiger partial charge in [0.15, 0.2) is 0 Å². The summed E-state index contributed by atoms with van der Waals surface area (Å²) in [6, 6.07) is 0. The molecule has 0 bridgehead atoms. The van der Waals surface area contributed by atoms with E-state index in [4.69, 9.17) is 10.5 Å². The van der Waals surface area contributed by atoms with E-state index in [0.29, 0.717) is 6.10 Å². The van der Waals surface area contributed by atoms with Gasteiger partial charge in [-0.1, -0.05) is 0 Å².